The number of rotatable bonds is 8. The van der Waals surface area contributed by atoms with E-state index < -0.39 is 5.60 Å². The molecule has 0 saturated heterocycles. The van der Waals surface area contributed by atoms with Crippen LogP contribution < -0.4 is 10.6 Å². The van der Waals surface area contributed by atoms with Gasteiger partial charge in [-0.1, -0.05) is 19.9 Å². The Labute approximate surface area is 150 Å². The van der Waals surface area contributed by atoms with Crippen LogP contribution in [0.15, 0.2) is 18.2 Å². The van der Waals surface area contributed by atoms with Crippen LogP contribution in [0.4, 0.5) is 0 Å². The predicted molar refractivity (Wildman–Crippen MR) is 98.5 cm³/mol. The van der Waals surface area contributed by atoms with E-state index in [1.165, 1.54) is 11.1 Å². The van der Waals surface area contributed by atoms with Crippen LogP contribution in [0.1, 0.15) is 61.5 Å². The minimum atomic E-state index is -0.927. The van der Waals surface area contributed by atoms with Gasteiger partial charge in [-0.05, 0) is 68.2 Å². The second-order valence-electron chi connectivity index (χ2n) is 7.73. The number of hydrogen-bond donors (Lipinski definition) is 3. The molecule has 25 heavy (non-hydrogen) atoms. The number of nitrogens with one attached hydrogen (secondary N) is 2. The molecule has 2 amide bonds. The van der Waals surface area contributed by atoms with Crippen LogP contribution in [0.2, 0.25) is 0 Å². The normalized spacial score (nSPS) is 15.6. The molecule has 0 fully saturated rings. The van der Waals surface area contributed by atoms with E-state index in [-0.39, 0.29) is 24.9 Å². The van der Waals surface area contributed by atoms with Crippen LogP contribution in [-0.4, -0.2) is 35.6 Å². The van der Waals surface area contributed by atoms with Gasteiger partial charge in [0.05, 0.1) is 12.1 Å². The van der Waals surface area contributed by atoms with Gasteiger partial charge in [0.1, 0.15) is 0 Å². The second kappa shape index (κ2) is 8.48. The zero-order valence-electron chi connectivity index (χ0n) is 15.5. The van der Waals surface area contributed by atoms with Crippen molar-refractivity contribution < 1.29 is 14.7 Å². The van der Waals surface area contributed by atoms with Gasteiger partial charge in [-0.2, -0.15) is 0 Å². The Kier molecular flexibility index (Phi) is 6.59. The Morgan fingerprint density at radius 2 is 1.92 bits per heavy atom. The summed E-state index contributed by atoms with van der Waals surface area (Å²) in [5.41, 5.74) is 2.22. The highest BCUT2D eigenvalue weighted by atomic mass is 16.3. The fourth-order valence-electron chi connectivity index (χ4n) is 3.02. The first-order chi connectivity index (χ1) is 11.8. The van der Waals surface area contributed by atoms with Gasteiger partial charge in [-0.3, -0.25) is 9.59 Å². The quantitative estimate of drug-likeness (QED) is 0.675. The fraction of sp³-hybridized carbons (Fsp3) is 0.600. The van der Waals surface area contributed by atoms with Gasteiger partial charge in [0, 0.05) is 12.1 Å². The van der Waals surface area contributed by atoms with Crippen molar-refractivity contribution in [1.82, 2.24) is 10.6 Å². The average Bonchev–Trinajstić information content (AvgIpc) is 3.04. The van der Waals surface area contributed by atoms with E-state index >= 15 is 0 Å². The van der Waals surface area contributed by atoms with Crippen molar-refractivity contribution in [3.05, 3.63) is 34.9 Å². The lowest BCUT2D eigenvalue weighted by Gasteiger charge is -2.24. The molecule has 1 unspecified atom stereocenters. The van der Waals surface area contributed by atoms with Crippen LogP contribution in [0.5, 0.6) is 0 Å². The maximum Gasteiger partial charge on any atom is 0.251 e. The minimum Gasteiger partial charge on any atom is -0.388 e. The molecule has 5 nitrogen and oxygen atoms in total. The lowest BCUT2D eigenvalue weighted by molar-refractivity contribution is -0.121. The maximum absolute atomic E-state index is 12.2. The van der Waals surface area contributed by atoms with Crippen LogP contribution >= 0.6 is 0 Å². The summed E-state index contributed by atoms with van der Waals surface area (Å²) in [4.78, 5) is 24.1. The number of carbonyl (C=O) groups excluding carboxylic acids is 2. The molecule has 0 aromatic heterocycles. The Hall–Kier alpha value is -1.88. The van der Waals surface area contributed by atoms with E-state index in [9.17, 15) is 14.7 Å². The molecule has 1 aromatic carbocycles. The van der Waals surface area contributed by atoms with E-state index in [4.69, 9.17) is 0 Å². The molecule has 0 radical (unpaired) electrons. The van der Waals surface area contributed by atoms with Crippen molar-refractivity contribution in [2.45, 2.75) is 58.5 Å². The molecule has 1 aliphatic rings. The third-order valence-electron chi connectivity index (χ3n) is 4.70. The zero-order valence-corrected chi connectivity index (χ0v) is 15.5. The van der Waals surface area contributed by atoms with Gasteiger partial charge in [-0.15, -0.1) is 0 Å². The molecule has 3 N–H and O–H groups in total. The van der Waals surface area contributed by atoms with Gasteiger partial charge < -0.3 is 15.7 Å². The first-order valence-electron chi connectivity index (χ1n) is 9.16. The van der Waals surface area contributed by atoms with Gasteiger partial charge in [0.2, 0.25) is 5.91 Å². The Bertz CT molecular complexity index is 623. The van der Waals surface area contributed by atoms with Crippen molar-refractivity contribution in [3.63, 3.8) is 0 Å². The zero-order chi connectivity index (χ0) is 18.4. The summed E-state index contributed by atoms with van der Waals surface area (Å²) in [5, 5.41) is 15.6. The molecule has 0 aliphatic heterocycles. The molecular weight excluding hydrogens is 316 g/mol. The lowest BCUT2D eigenvalue weighted by Crippen LogP contribution is -2.44. The van der Waals surface area contributed by atoms with Crippen molar-refractivity contribution in [3.8, 4) is 0 Å². The highest BCUT2D eigenvalue weighted by Gasteiger charge is 2.21. The van der Waals surface area contributed by atoms with Gasteiger partial charge in [-0.25, -0.2) is 0 Å². The molecule has 2 rings (SSSR count). The molecule has 138 valence electrons. The van der Waals surface area contributed by atoms with Crippen molar-refractivity contribution >= 4 is 11.8 Å². The molecule has 1 atom stereocenters. The number of aryl methyl sites for hydroxylation is 2. The Balaban J connectivity index is 1.75. The van der Waals surface area contributed by atoms with Crippen molar-refractivity contribution in [1.29, 1.82) is 0 Å². The van der Waals surface area contributed by atoms with Gasteiger partial charge in [0.25, 0.3) is 5.91 Å². The summed E-state index contributed by atoms with van der Waals surface area (Å²) in [6, 6.07) is 5.74. The molecule has 5 heteroatoms. The fourth-order valence-corrected chi connectivity index (χ4v) is 3.02. The van der Waals surface area contributed by atoms with Crippen molar-refractivity contribution in [2.24, 2.45) is 5.92 Å². The summed E-state index contributed by atoms with van der Waals surface area (Å²) in [7, 11) is 0. The summed E-state index contributed by atoms with van der Waals surface area (Å²) in [6.07, 6.45) is 4.77. The molecular formula is C20H30N2O3. The van der Waals surface area contributed by atoms with Gasteiger partial charge in [0.15, 0.2) is 0 Å². The van der Waals surface area contributed by atoms with Crippen molar-refractivity contribution in [2.75, 3.05) is 13.1 Å². The number of hydrogen-bond acceptors (Lipinski definition) is 3. The van der Waals surface area contributed by atoms with E-state index in [0.717, 1.165) is 25.7 Å². The molecule has 1 aliphatic carbocycles. The number of carbonyl (C=O) groups is 2. The highest BCUT2D eigenvalue weighted by Crippen LogP contribution is 2.22. The topological polar surface area (TPSA) is 78.4 Å². The number of benzene rings is 1. The third kappa shape index (κ3) is 6.16. The number of aliphatic hydroxyl groups is 1. The first kappa shape index (κ1) is 19.4. The molecule has 0 heterocycles. The van der Waals surface area contributed by atoms with E-state index in [2.05, 4.69) is 24.5 Å². The first-order valence-corrected chi connectivity index (χ1v) is 9.16. The summed E-state index contributed by atoms with van der Waals surface area (Å²) in [6.45, 7) is 6.02. The third-order valence-corrected chi connectivity index (χ3v) is 4.70. The Morgan fingerprint density at radius 1 is 1.20 bits per heavy atom. The smallest absolute Gasteiger partial charge is 0.251 e. The SMILES string of the molecule is CC(C)CCC(C)(O)CNC(=O)CNC(=O)c1ccc2c(c1)CCC2. The second-order valence-corrected chi connectivity index (χ2v) is 7.73. The highest BCUT2D eigenvalue weighted by molar-refractivity contribution is 5.96. The standard InChI is InChI=1S/C20H30N2O3/c1-14(2)9-10-20(3,25)13-22-18(23)12-21-19(24)17-8-7-15-5-4-6-16(15)11-17/h7-8,11,14,25H,4-6,9-10,12-13H2,1-3H3,(H,21,24)(H,22,23). The average molecular weight is 346 g/mol. The van der Waals surface area contributed by atoms with Crippen LogP contribution in [0, 0.1) is 5.92 Å². The van der Waals surface area contributed by atoms with Crippen LogP contribution in [0.3, 0.4) is 0 Å². The lowest BCUT2D eigenvalue weighted by atomic mass is 9.95. The van der Waals surface area contributed by atoms with E-state index in [1.54, 1.807) is 6.92 Å². The number of amides is 2. The summed E-state index contributed by atoms with van der Waals surface area (Å²) < 4.78 is 0. The Morgan fingerprint density at radius 3 is 2.64 bits per heavy atom. The van der Waals surface area contributed by atoms with E-state index in [0.29, 0.717) is 17.9 Å². The minimum absolute atomic E-state index is 0.0871. The van der Waals surface area contributed by atoms with Crippen LogP contribution in [0.25, 0.3) is 0 Å². The molecule has 0 saturated carbocycles. The molecule has 0 bridgehead atoms. The summed E-state index contributed by atoms with van der Waals surface area (Å²) >= 11 is 0. The predicted octanol–water partition coefficient (Wildman–Crippen LogP) is 2.21. The largest absolute Gasteiger partial charge is 0.388 e. The van der Waals surface area contributed by atoms with E-state index in [1.807, 2.05) is 18.2 Å². The summed E-state index contributed by atoms with van der Waals surface area (Å²) in [5.74, 6) is -0.0236. The van der Waals surface area contributed by atoms with Crippen LogP contribution in [-0.2, 0) is 17.6 Å². The monoisotopic (exact) mass is 346 g/mol. The molecule has 1 aromatic rings. The van der Waals surface area contributed by atoms with Gasteiger partial charge >= 0.3 is 0 Å². The maximum atomic E-state index is 12.2. The number of fused-ring (bicyclic) bond motifs is 1. The molecule has 0 spiro atoms.